The second kappa shape index (κ2) is 8.53. The maximum Gasteiger partial charge on any atom is 0.127 e. The van der Waals surface area contributed by atoms with Crippen LogP contribution in [0.5, 0.6) is 11.5 Å². The summed E-state index contributed by atoms with van der Waals surface area (Å²) in [4.78, 5) is 0. The van der Waals surface area contributed by atoms with Gasteiger partial charge in [-0.25, -0.2) is 0 Å². The second-order valence-corrected chi connectivity index (χ2v) is 6.66. The van der Waals surface area contributed by atoms with Crippen LogP contribution in [0.2, 0.25) is 0 Å². The molecule has 3 aromatic carbocycles. The smallest absolute Gasteiger partial charge is 0.127 e. The van der Waals surface area contributed by atoms with Crippen LogP contribution in [0, 0.1) is 0 Å². The summed E-state index contributed by atoms with van der Waals surface area (Å²) in [6, 6.07) is 27.5. The van der Waals surface area contributed by atoms with Crippen molar-refractivity contribution in [2.45, 2.75) is 39.0 Å². The first kappa shape index (κ1) is 17.3. The summed E-state index contributed by atoms with van der Waals surface area (Å²) in [5.74, 6) is 2.26. The van der Waals surface area contributed by atoms with Gasteiger partial charge in [0.15, 0.2) is 0 Å². The molecule has 0 aliphatic heterocycles. The predicted molar refractivity (Wildman–Crippen MR) is 106 cm³/mol. The largest absolute Gasteiger partial charge is 0.457 e. The van der Waals surface area contributed by atoms with E-state index in [9.17, 15) is 0 Å². The lowest BCUT2D eigenvalue weighted by atomic mass is 9.94. The molecule has 128 valence electrons. The lowest BCUT2D eigenvalue weighted by molar-refractivity contribution is 0.481. The summed E-state index contributed by atoms with van der Waals surface area (Å²) in [6.07, 6.45) is 3.32. The maximum atomic E-state index is 6.05. The SMILES string of the molecule is CCCc1ccc(Oc2cccc(C(C)Cc3ccccc3)c2)cc1. The van der Waals surface area contributed by atoms with E-state index in [0.717, 1.165) is 24.3 Å². The fraction of sp³-hybridized carbons (Fsp3) is 0.250. The Morgan fingerprint density at radius 2 is 1.52 bits per heavy atom. The molecular weight excluding hydrogens is 304 g/mol. The molecule has 0 spiro atoms. The summed E-state index contributed by atoms with van der Waals surface area (Å²) in [7, 11) is 0. The van der Waals surface area contributed by atoms with E-state index in [1.807, 2.05) is 6.07 Å². The number of benzene rings is 3. The molecule has 0 aliphatic carbocycles. The molecule has 25 heavy (non-hydrogen) atoms. The van der Waals surface area contributed by atoms with Gasteiger partial charge in [0.25, 0.3) is 0 Å². The molecule has 1 nitrogen and oxygen atoms in total. The molecule has 0 aromatic heterocycles. The minimum atomic E-state index is 0.456. The van der Waals surface area contributed by atoms with E-state index in [2.05, 4.69) is 86.6 Å². The average molecular weight is 330 g/mol. The van der Waals surface area contributed by atoms with Gasteiger partial charge in [-0.2, -0.15) is 0 Å². The molecule has 0 bridgehead atoms. The monoisotopic (exact) mass is 330 g/mol. The van der Waals surface area contributed by atoms with E-state index in [1.54, 1.807) is 0 Å². The Balaban J connectivity index is 1.68. The molecule has 0 amide bonds. The first-order valence-corrected chi connectivity index (χ1v) is 9.15. The summed E-state index contributed by atoms with van der Waals surface area (Å²) >= 11 is 0. The lowest BCUT2D eigenvalue weighted by Gasteiger charge is -2.14. The van der Waals surface area contributed by atoms with Crippen LogP contribution >= 0.6 is 0 Å². The highest BCUT2D eigenvalue weighted by atomic mass is 16.5. The Hall–Kier alpha value is -2.54. The Labute approximate surface area is 151 Å². The Morgan fingerprint density at radius 3 is 2.24 bits per heavy atom. The number of hydrogen-bond donors (Lipinski definition) is 0. The van der Waals surface area contributed by atoms with E-state index in [1.165, 1.54) is 23.1 Å². The van der Waals surface area contributed by atoms with Gasteiger partial charge in [0.2, 0.25) is 0 Å². The molecule has 0 saturated heterocycles. The molecule has 0 N–H and O–H groups in total. The molecule has 1 unspecified atom stereocenters. The average Bonchev–Trinajstić information content (AvgIpc) is 2.65. The van der Waals surface area contributed by atoms with Crippen molar-refractivity contribution in [3.8, 4) is 11.5 Å². The third-order valence-electron chi connectivity index (χ3n) is 4.51. The highest BCUT2D eigenvalue weighted by molar-refractivity contribution is 5.36. The maximum absolute atomic E-state index is 6.05. The first-order valence-electron chi connectivity index (χ1n) is 9.15. The highest BCUT2D eigenvalue weighted by Gasteiger charge is 2.08. The molecule has 0 heterocycles. The van der Waals surface area contributed by atoms with Crippen LogP contribution in [0.15, 0.2) is 78.9 Å². The molecule has 0 aliphatic rings. The van der Waals surface area contributed by atoms with Crippen LogP contribution in [0.3, 0.4) is 0 Å². The number of rotatable bonds is 7. The minimum absolute atomic E-state index is 0.456. The molecule has 3 rings (SSSR count). The van der Waals surface area contributed by atoms with Gasteiger partial charge in [0.1, 0.15) is 11.5 Å². The minimum Gasteiger partial charge on any atom is -0.457 e. The summed E-state index contributed by atoms with van der Waals surface area (Å²) in [6.45, 7) is 4.47. The molecule has 0 saturated carbocycles. The van der Waals surface area contributed by atoms with Gasteiger partial charge in [-0.05, 0) is 59.7 Å². The van der Waals surface area contributed by atoms with Crippen molar-refractivity contribution in [3.63, 3.8) is 0 Å². The zero-order valence-electron chi connectivity index (χ0n) is 15.1. The Morgan fingerprint density at radius 1 is 0.760 bits per heavy atom. The van der Waals surface area contributed by atoms with Gasteiger partial charge < -0.3 is 4.74 Å². The normalized spacial score (nSPS) is 11.9. The summed E-state index contributed by atoms with van der Waals surface area (Å²) in [5.41, 5.74) is 4.04. The van der Waals surface area contributed by atoms with Gasteiger partial charge in [-0.3, -0.25) is 0 Å². The van der Waals surface area contributed by atoms with E-state index in [-0.39, 0.29) is 0 Å². The van der Waals surface area contributed by atoms with Gasteiger partial charge >= 0.3 is 0 Å². The standard InChI is InChI=1S/C24H26O/c1-3-8-20-13-15-23(16-14-20)25-24-12-7-11-22(18-24)19(2)17-21-9-5-4-6-10-21/h4-7,9-16,18-19H,3,8,17H2,1-2H3. The number of aryl methyl sites for hydroxylation is 1. The second-order valence-electron chi connectivity index (χ2n) is 6.66. The van der Waals surface area contributed by atoms with Gasteiger partial charge in [-0.15, -0.1) is 0 Å². The quantitative estimate of drug-likeness (QED) is 0.464. The van der Waals surface area contributed by atoms with Crippen molar-refractivity contribution in [1.29, 1.82) is 0 Å². The summed E-state index contributed by atoms with van der Waals surface area (Å²) < 4.78 is 6.05. The molecule has 0 fully saturated rings. The van der Waals surface area contributed by atoms with Gasteiger partial charge in [0.05, 0.1) is 0 Å². The molecule has 0 radical (unpaired) electrons. The molecule has 3 aromatic rings. The van der Waals surface area contributed by atoms with Crippen molar-refractivity contribution in [2.75, 3.05) is 0 Å². The van der Waals surface area contributed by atoms with Crippen LogP contribution in [-0.2, 0) is 12.8 Å². The predicted octanol–water partition coefficient (Wildman–Crippen LogP) is 6.78. The van der Waals surface area contributed by atoms with Gasteiger partial charge in [-0.1, -0.05) is 74.9 Å². The molecular formula is C24H26O. The zero-order chi connectivity index (χ0) is 17.5. The third kappa shape index (κ3) is 4.96. The van der Waals surface area contributed by atoms with Gasteiger partial charge in [0, 0.05) is 0 Å². The van der Waals surface area contributed by atoms with Crippen molar-refractivity contribution < 1.29 is 4.74 Å². The topological polar surface area (TPSA) is 9.23 Å². The Kier molecular flexibility index (Phi) is 5.90. The van der Waals surface area contributed by atoms with E-state index in [0.29, 0.717) is 5.92 Å². The zero-order valence-corrected chi connectivity index (χ0v) is 15.1. The van der Waals surface area contributed by atoms with Crippen molar-refractivity contribution in [1.82, 2.24) is 0 Å². The third-order valence-corrected chi connectivity index (χ3v) is 4.51. The van der Waals surface area contributed by atoms with Crippen LogP contribution in [0.1, 0.15) is 42.9 Å². The van der Waals surface area contributed by atoms with Crippen LogP contribution in [0.4, 0.5) is 0 Å². The molecule has 1 atom stereocenters. The fourth-order valence-corrected chi connectivity index (χ4v) is 3.12. The van der Waals surface area contributed by atoms with Crippen LogP contribution in [0.25, 0.3) is 0 Å². The summed E-state index contributed by atoms with van der Waals surface area (Å²) in [5, 5.41) is 0. The number of ether oxygens (including phenoxy) is 1. The highest BCUT2D eigenvalue weighted by Crippen LogP contribution is 2.27. The molecule has 1 heteroatoms. The van der Waals surface area contributed by atoms with Crippen molar-refractivity contribution in [3.05, 3.63) is 95.6 Å². The fourth-order valence-electron chi connectivity index (χ4n) is 3.12. The lowest BCUT2D eigenvalue weighted by Crippen LogP contribution is -1.98. The van der Waals surface area contributed by atoms with Crippen LogP contribution < -0.4 is 4.74 Å². The number of hydrogen-bond acceptors (Lipinski definition) is 1. The van der Waals surface area contributed by atoms with E-state index in [4.69, 9.17) is 4.74 Å². The van der Waals surface area contributed by atoms with E-state index < -0.39 is 0 Å². The Bertz CT molecular complexity index is 775. The van der Waals surface area contributed by atoms with Crippen molar-refractivity contribution in [2.24, 2.45) is 0 Å². The van der Waals surface area contributed by atoms with Crippen LogP contribution in [-0.4, -0.2) is 0 Å². The van der Waals surface area contributed by atoms with Crippen molar-refractivity contribution >= 4 is 0 Å². The first-order chi connectivity index (χ1) is 12.2. The van der Waals surface area contributed by atoms with E-state index >= 15 is 0 Å².